The number of carbonyl (C=O) groups is 1. The summed E-state index contributed by atoms with van der Waals surface area (Å²) in [5.41, 5.74) is 6.38. The molecule has 1 aliphatic carbocycles. The Morgan fingerprint density at radius 3 is 2.76 bits per heavy atom. The lowest BCUT2D eigenvalue weighted by molar-refractivity contribution is -0.139. The number of allylic oxidation sites excluding steroid dienone is 1. The van der Waals surface area contributed by atoms with Crippen molar-refractivity contribution >= 4 is 28.6 Å². The average Bonchev–Trinajstić information content (AvgIpc) is 3.16. The molecule has 0 bridgehead atoms. The topological polar surface area (TPSA) is 40.5 Å². The molecule has 1 aromatic heterocycles. The van der Waals surface area contributed by atoms with Gasteiger partial charge in [-0.05, 0) is 71.7 Å². The van der Waals surface area contributed by atoms with Gasteiger partial charge < -0.3 is 10.0 Å². The minimum atomic E-state index is -0.718. The van der Waals surface area contributed by atoms with Gasteiger partial charge in [0.05, 0.1) is 0 Å². The molecule has 2 unspecified atom stereocenters. The van der Waals surface area contributed by atoms with Crippen LogP contribution in [0.1, 0.15) is 36.8 Å². The van der Waals surface area contributed by atoms with E-state index < -0.39 is 12.0 Å². The molecule has 2 aromatic rings. The van der Waals surface area contributed by atoms with Gasteiger partial charge in [0, 0.05) is 18.7 Å². The van der Waals surface area contributed by atoms with Gasteiger partial charge in [-0.2, -0.15) is 11.3 Å². The van der Waals surface area contributed by atoms with Crippen LogP contribution in [0.15, 0.2) is 46.7 Å². The van der Waals surface area contributed by atoms with E-state index in [0.29, 0.717) is 0 Å². The van der Waals surface area contributed by atoms with Crippen LogP contribution < -0.4 is 4.90 Å². The van der Waals surface area contributed by atoms with E-state index in [0.717, 1.165) is 31.4 Å². The van der Waals surface area contributed by atoms with E-state index in [2.05, 4.69) is 29.0 Å². The standard InChI is InChI=1S/C21H23NO2S/c1-22-19-9-5-2-6-14(19)12-18(20(22)21(23)24)17-8-4-3-7-16(17)15-10-11-25-13-15/h2,5-6,9-11,13,18,20H,3-4,7-8,12H2,1H3,(H,23,24). The molecule has 4 rings (SSSR count). The van der Waals surface area contributed by atoms with Crippen molar-refractivity contribution in [2.24, 2.45) is 5.92 Å². The molecule has 0 amide bonds. The summed E-state index contributed by atoms with van der Waals surface area (Å²) in [6.07, 6.45) is 5.28. The van der Waals surface area contributed by atoms with E-state index in [-0.39, 0.29) is 5.92 Å². The summed E-state index contributed by atoms with van der Waals surface area (Å²) in [5, 5.41) is 14.3. The van der Waals surface area contributed by atoms with Crippen molar-refractivity contribution < 1.29 is 9.90 Å². The molecule has 0 fully saturated rings. The highest BCUT2D eigenvalue weighted by Gasteiger charge is 2.40. The van der Waals surface area contributed by atoms with E-state index in [1.807, 2.05) is 24.1 Å². The number of carboxylic acids is 1. The quantitative estimate of drug-likeness (QED) is 0.858. The summed E-state index contributed by atoms with van der Waals surface area (Å²) in [5.74, 6) is -0.669. The lowest BCUT2D eigenvalue weighted by Gasteiger charge is -2.41. The van der Waals surface area contributed by atoms with Crippen LogP contribution in [0.5, 0.6) is 0 Å². The fourth-order valence-electron chi connectivity index (χ4n) is 4.55. The molecule has 130 valence electrons. The molecule has 0 saturated heterocycles. The summed E-state index contributed by atoms with van der Waals surface area (Å²) in [7, 11) is 1.93. The van der Waals surface area contributed by atoms with Gasteiger partial charge in [-0.25, -0.2) is 4.79 Å². The minimum absolute atomic E-state index is 0.0487. The van der Waals surface area contributed by atoms with Crippen molar-refractivity contribution in [1.82, 2.24) is 0 Å². The molecule has 0 saturated carbocycles. The van der Waals surface area contributed by atoms with E-state index in [1.54, 1.807) is 11.3 Å². The molecular weight excluding hydrogens is 330 g/mol. The number of likely N-dealkylation sites (N-methyl/N-ethyl adjacent to an activating group) is 1. The molecule has 2 atom stereocenters. The van der Waals surface area contributed by atoms with Crippen LogP contribution in [0.4, 0.5) is 5.69 Å². The molecule has 1 N–H and O–H groups in total. The fraction of sp³-hybridized carbons (Fsp3) is 0.381. The summed E-state index contributed by atoms with van der Waals surface area (Å²) >= 11 is 1.72. The zero-order valence-electron chi connectivity index (χ0n) is 14.4. The molecule has 3 nitrogen and oxygen atoms in total. The number of benzene rings is 1. The maximum absolute atomic E-state index is 12.2. The number of fused-ring (bicyclic) bond motifs is 1. The first-order valence-electron chi connectivity index (χ1n) is 8.95. The predicted octanol–water partition coefficient (Wildman–Crippen LogP) is 4.84. The SMILES string of the molecule is CN1c2ccccc2CC(C2=C(c3ccsc3)CCCC2)C1C(=O)O. The van der Waals surface area contributed by atoms with Crippen molar-refractivity contribution in [2.75, 3.05) is 11.9 Å². The Balaban J connectivity index is 1.83. The maximum atomic E-state index is 12.2. The highest BCUT2D eigenvalue weighted by atomic mass is 32.1. The fourth-order valence-corrected chi connectivity index (χ4v) is 5.22. The number of aliphatic carboxylic acids is 1. The van der Waals surface area contributed by atoms with Crippen molar-refractivity contribution in [2.45, 2.75) is 38.1 Å². The zero-order valence-corrected chi connectivity index (χ0v) is 15.3. The number of nitrogens with zero attached hydrogens (tertiary/aromatic N) is 1. The van der Waals surface area contributed by atoms with Crippen LogP contribution in [0.2, 0.25) is 0 Å². The smallest absolute Gasteiger partial charge is 0.326 e. The number of para-hydroxylation sites is 1. The number of anilines is 1. The number of carboxylic acid groups (broad SMARTS) is 1. The van der Waals surface area contributed by atoms with E-state index >= 15 is 0 Å². The van der Waals surface area contributed by atoms with Gasteiger partial charge >= 0.3 is 5.97 Å². The number of thiophene rings is 1. The van der Waals surface area contributed by atoms with Gasteiger partial charge in [0.25, 0.3) is 0 Å². The second kappa shape index (κ2) is 6.68. The van der Waals surface area contributed by atoms with Gasteiger partial charge in [-0.3, -0.25) is 0 Å². The van der Waals surface area contributed by atoms with Gasteiger partial charge in [0.1, 0.15) is 6.04 Å². The molecule has 2 aliphatic rings. The van der Waals surface area contributed by atoms with Crippen LogP contribution >= 0.6 is 11.3 Å². The molecule has 2 heterocycles. The first-order chi connectivity index (χ1) is 12.2. The van der Waals surface area contributed by atoms with Crippen molar-refractivity contribution in [3.63, 3.8) is 0 Å². The van der Waals surface area contributed by atoms with Gasteiger partial charge in [0.2, 0.25) is 0 Å². The lowest BCUT2D eigenvalue weighted by Crippen LogP contribution is -2.49. The van der Waals surface area contributed by atoms with Crippen LogP contribution in [0.25, 0.3) is 5.57 Å². The number of hydrogen-bond acceptors (Lipinski definition) is 3. The maximum Gasteiger partial charge on any atom is 0.326 e. The molecule has 4 heteroatoms. The first kappa shape index (κ1) is 16.4. The highest BCUT2D eigenvalue weighted by molar-refractivity contribution is 7.08. The van der Waals surface area contributed by atoms with Gasteiger partial charge in [0.15, 0.2) is 0 Å². The Labute approximate surface area is 152 Å². The molecule has 0 spiro atoms. The zero-order chi connectivity index (χ0) is 17.4. The third-order valence-corrected chi connectivity index (χ3v) is 6.37. The molecular formula is C21H23NO2S. The Morgan fingerprint density at radius 1 is 1.20 bits per heavy atom. The molecule has 0 radical (unpaired) electrons. The second-order valence-corrected chi connectivity index (χ2v) is 7.84. The molecule has 1 aliphatic heterocycles. The molecule has 1 aromatic carbocycles. The highest BCUT2D eigenvalue weighted by Crippen LogP contribution is 2.43. The molecule has 25 heavy (non-hydrogen) atoms. The van der Waals surface area contributed by atoms with Gasteiger partial charge in [-0.1, -0.05) is 23.8 Å². The minimum Gasteiger partial charge on any atom is -0.480 e. The summed E-state index contributed by atoms with van der Waals surface area (Å²) in [4.78, 5) is 14.1. The Morgan fingerprint density at radius 2 is 2.00 bits per heavy atom. The van der Waals surface area contributed by atoms with Crippen LogP contribution in [0, 0.1) is 5.92 Å². The summed E-state index contributed by atoms with van der Waals surface area (Å²) in [6, 6.07) is 9.92. The Bertz CT molecular complexity index is 809. The van der Waals surface area contributed by atoms with Crippen LogP contribution in [-0.2, 0) is 11.2 Å². The largest absolute Gasteiger partial charge is 0.480 e. The van der Waals surface area contributed by atoms with Crippen molar-refractivity contribution in [1.29, 1.82) is 0 Å². The van der Waals surface area contributed by atoms with Crippen molar-refractivity contribution in [3.8, 4) is 0 Å². The average molecular weight is 353 g/mol. The van der Waals surface area contributed by atoms with Crippen LogP contribution in [-0.4, -0.2) is 24.2 Å². The number of rotatable bonds is 3. The van der Waals surface area contributed by atoms with Crippen LogP contribution in [0.3, 0.4) is 0 Å². The normalized spacial score (nSPS) is 23.5. The number of hydrogen-bond donors (Lipinski definition) is 1. The lowest BCUT2D eigenvalue weighted by atomic mass is 9.74. The summed E-state index contributed by atoms with van der Waals surface area (Å²) in [6.45, 7) is 0. The summed E-state index contributed by atoms with van der Waals surface area (Å²) < 4.78 is 0. The Kier molecular flexibility index (Phi) is 4.38. The third-order valence-electron chi connectivity index (χ3n) is 5.69. The third kappa shape index (κ3) is 2.89. The van der Waals surface area contributed by atoms with Gasteiger partial charge in [-0.15, -0.1) is 0 Å². The predicted molar refractivity (Wildman–Crippen MR) is 103 cm³/mol. The van der Waals surface area contributed by atoms with E-state index in [1.165, 1.54) is 28.7 Å². The second-order valence-electron chi connectivity index (χ2n) is 7.06. The first-order valence-corrected chi connectivity index (χ1v) is 9.89. The van der Waals surface area contributed by atoms with E-state index in [9.17, 15) is 9.90 Å². The monoisotopic (exact) mass is 353 g/mol. The van der Waals surface area contributed by atoms with Crippen molar-refractivity contribution in [3.05, 3.63) is 57.8 Å². The van der Waals surface area contributed by atoms with E-state index in [4.69, 9.17) is 0 Å². The Hall–Kier alpha value is -2.07.